The van der Waals surface area contributed by atoms with Crippen molar-refractivity contribution in [2.24, 2.45) is 11.7 Å². The van der Waals surface area contributed by atoms with Crippen LogP contribution in [0.3, 0.4) is 0 Å². The summed E-state index contributed by atoms with van der Waals surface area (Å²) in [5.41, 5.74) is 9.08. The molecule has 1 aromatic heterocycles. The number of benzene rings is 3. The summed E-state index contributed by atoms with van der Waals surface area (Å²) in [5.74, 6) is 0.572. The molecule has 6 nitrogen and oxygen atoms in total. The molecule has 3 aromatic carbocycles. The van der Waals surface area contributed by atoms with Gasteiger partial charge in [0, 0.05) is 23.2 Å². The maximum Gasteiger partial charge on any atom is 0.345 e. The third-order valence-corrected chi connectivity index (χ3v) is 6.84. The molecule has 0 aliphatic rings. The van der Waals surface area contributed by atoms with Gasteiger partial charge in [0.15, 0.2) is 0 Å². The number of nitrogens with two attached hydrogens (primary N) is 1. The first-order valence-corrected chi connectivity index (χ1v) is 13.0. The molecule has 7 heteroatoms. The molecule has 1 amide bonds. The molecule has 0 radical (unpaired) electrons. The number of H-pyrrole nitrogens is 1. The van der Waals surface area contributed by atoms with Gasteiger partial charge in [0.25, 0.3) is 11.7 Å². The van der Waals surface area contributed by atoms with Gasteiger partial charge in [-0.05, 0) is 55.6 Å². The minimum atomic E-state index is -0.403. The fourth-order valence-corrected chi connectivity index (χ4v) is 4.91. The predicted octanol–water partition coefficient (Wildman–Crippen LogP) is 5.01. The first kappa shape index (κ1) is 26.6. The molecular weight excluding hydrogens is 484 g/mol. The van der Waals surface area contributed by atoms with Gasteiger partial charge in [-0.25, -0.2) is 9.78 Å². The summed E-state index contributed by atoms with van der Waals surface area (Å²) in [6.45, 7) is 7.42. The van der Waals surface area contributed by atoms with E-state index >= 15 is 0 Å². The first-order chi connectivity index (χ1) is 17.8. The summed E-state index contributed by atoms with van der Waals surface area (Å²) >= 11 is 6.30. The zero-order valence-electron chi connectivity index (χ0n) is 21.6. The van der Waals surface area contributed by atoms with Crippen LogP contribution in [0.5, 0.6) is 0 Å². The number of rotatable bonds is 9. The highest BCUT2D eigenvalue weighted by molar-refractivity contribution is 6.31. The summed E-state index contributed by atoms with van der Waals surface area (Å²) in [4.78, 5) is 33.2. The lowest BCUT2D eigenvalue weighted by Gasteiger charge is -2.33. The van der Waals surface area contributed by atoms with Crippen LogP contribution in [0.1, 0.15) is 53.6 Å². The summed E-state index contributed by atoms with van der Waals surface area (Å²) in [5, 5.41) is 1.08. The second-order valence-electron chi connectivity index (χ2n) is 9.77. The summed E-state index contributed by atoms with van der Waals surface area (Å²) in [7, 11) is 0. The second kappa shape index (κ2) is 11.7. The van der Waals surface area contributed by atoms with Crippen LogP contribution in [-0.2, 0) is 6.54 Å². The smallest absolute Gasteiger partial charge is 0.330 e. The number of carbonyl (C=O) groups is 1. The van der Waals surface area contributed by atoms with Crippen molar-refractivity contribution in [1.29, 1.82) is 0 Å². The summed E-state index contributed by atoms with van der Waals surface area (Å²) < 4.78 is 1.76. The van der Waals surface area contributed by atoms with Gasteiger partial charge in [0.1, 0.15) is 23.5 Å². The van der Waals surface area contributed by atoms with Crippen molar-refractivity contribution in [2.75, 3.05) is 13.1 Å². The topological polar surface area (TPSA) is 82.5 Å². The Morgan fingerprint density at radius 1 is 1.05 bits per heavy atom. The third kappa shape index (κ3) is 5.92. The number of aromatic nitrogens is 2. The molecule has 0 fully saturated rings. The minimum absolute atomic E-state index is 0.00137. The van der Waals surface area contributed by atoms with Gasteiger partial charge in [-0.2, -0.15) is 4.57 Å². The van der Waals surface area contributed by atoms with Crippen LogP contribution in [-0.4, -0.2) is 28.5 Å². The van der Waals surface area contributed by atoms with Gasteiger partial charge in [-0.3, -0.25) is 4.79 Å². The van der Waals surface area contributed by atoms with E-state index in [1.54, 1.807) is 22.8 Å². The zero-order valence-corrected chi connectivity index (χ0v) is 22.3. The molecule has 4 aromatic rings. The van der Waals surface area contributed by atoms with Crippen molar-refractivity contribution in [2.45, 2.75) is 39.8 Å². The molecule has 0 saturated carbocycles. The monoisotopic (exact) mass is 517 g/mol. The Kier molecular flexibility index (Phi) is 8.41. The van der Waals surface area contributed by atoms with E-state index < -0.39 is 6.04 Å². The van der Waals surface area contributed by atoms with Crippen LogP contribution in [0, 0.1) is 12.8 Å². The number of aromatic amines is 1. The van der Waals surface area contributed by atoms with E-state index in [4.69, 9.17) is 17.3 Å². The van der Waals surface area contributed by atoms with Crippen molar-refractivity contribution < 1.29 is 9.78 Å². The van der Waals surface area contributed by atoms with E-state index in [-0.39, 0.29) is 17.4 Å². The minimum Gasteiger partial charge on any atom is -0.330 e. The van der Waals surface area contributed by atoms with Crippen LogP contribution in [0.4, 0.5) is 0 Å². The van der Waals surface area contributed by atoms with Crippen molar-refractivity contribution in [3.63, 3.8) is 0 Å². The number of hydrogen-bond donors (Lipinski definition) is 1. The van der Waals surface area contributed by atoms with Gasteiger partial charge >= 0.3 is 5.56 Å². The number of fused-ring (bicyclic) bond motifs is 1. The van der Waals surface area contributed by atoms with Crippen molar-refractivity contribution in [3.05, 3.63) is 111 Å². The summed E-state index contributed by atoms with van der Waals surface area (Å²) in [6, 6.07) is 22.3. The Hall–Kier alpha value is -3.48. The number of aryl methyl sites for hydroxylation is 1. The van der Waals surface area contributed by atoms with Crippen LogP contribution in [0.15, 0.2) is 77.6 Å². The van der Waals surface area contributed by atoms with Crippen molar-refractivity contribution >= 4 is 28.4 Å². The lowest BCUT2D eigenvalue weighted by Crippen LogP contribution is -2.45. The van der Waals surface area contributed by atoms with E-state index in [9.17, 15) is 9.59 Å². The molecule has 0 aliphatic carbocycles. The van der Waals surface area contributed by atoms with Crippen molar-refractivity contribution in [3.8, 4) is 0 Å². The molecule has 0 spiro atoms. The maximum atomic E-state index is 13.9. The van der Waals surface area contributed by atoms with E-state index in [1.165, 1.54) is 0 Å². The van der Waals surface area contributed by atoms with Crippen LogP contribution in [0.25, 0.3) is 10.9 Å². The molecule has 1 heterocycles. The fraction of sp³-hybridized carbons (Fsp3) is 0.300. The predicted molar refractivity (Wildman–Crippen MR) is 149 cm³/mol. The van der Waals surface area contributed by atoms with Gasteiger partial charge < -0.3 is 10.6 Å². The highest BCUT2D eigenvalue weighted by atomic mass is 35.5. The average molecular weight is 518 g/mol. The zero-order chi connectivity index (χ0) is 26.5. The van der Waals surface area contributed by atoms with E-state index in [0.29, 0.717) is 53.4 Å². The number of amides is 1. The number of carbonyl (C=O) groups excluding carboxylic acids is 1. The Balaban J connectivity index is 1.93. The normalized spacial score (nSPS) is 12.2. The Morgan fingerprint density at radius 2 is 1.76 bits per heavy atom. The second-order valence-corrected chi connectivity index (χ2v) is 10.2. The Labute approximate surface area is 222 Å². The SMILES string of the molecule is Cc1ccc(C(=O)N(CCCN)[C@@H](c2[nH+]c3cc(Cl)ccc3c(=O)n2Cc2ccccc2)C(C)C)cc1. The molecule has 0 aliphatic heterocycles. The molecular formula is C30H34ClN4O2+. The lowest BCUT2D eigenvalue weighted by atomic mass is 9.98. The number of nitrogens with zero attached hydrogens (tertiary/aromatic N) is 2. The molecule has 37 heavy (non-hydrogen) atoms. The largest absolute Gasteiger partial charge is 0.345 e. The Bertz CT molecular complexity index is 1430. The number of halogens is 1. The maximum absolute atomic E-state index is 13.9. The molecule has 4 rings (SSSR count). The van der Waals surface area contributed by atoms with Crippen LogP contribution < -0.4 is 16.3 Å². The fourth-order valence-electron chi connectivity index (χ4n) is 4.74. The molecule has 0 saturated heterocycles. The third-order valence-electron chi connectivity index (χ3n) is 6.60. The van der Waals surface area contributed by atoms with Gasteiger partial charge in [-0.1, -0.05) is 73.5 Å². The average Bonchev–Trinajstić information content (AvgIpc) is 2.88. The van der Waals surface area contributed by atoms with E-state index in [2.05, 4.69) is 18.8 Å². The first-order valence-electron chi connectivity index (χ1n) is 12.7. The van der Waals surface area contributed by atoms with Crippen LogP contribution in [0.2, 0.25) is 5.02 Å². The molecule has 0 bridgehead atoms. The number of hydrogen-bond acceptors (Lipinski definition) is 3. The molecule has 0 unspecified atom stereocenters. The summed E-state index contributed by atoms with van der Waals surface area (Å²) in [6.07, 6.45) is 0.642. The highest BCUT2D eigenvalue weighted by Crippen LogP contribution is 2.29. The van der Waals surface area contributed by atoms with Gasteiger partial charge in [-0.15, -0.1) is 0 Å². The van der Waals surface area contributed by atoms with Crippen LogP contribution >= 0.6 is 11.6 Å². The standard InChI is InChI=1S/C30H33ClN4O2/c1-20(2)27(34(17-7-16-32)29(36)23-12-10-21(3)11-13-23)28-33-26-18-24(31)14-15-25(26)30(37)35(28)19-22-8-5-4-6-9-22/h4-6,8-15,18,20,27H,7,16-17,19,32H2,1-3H3/p+1/t27-/m1/s1. The molecule has 1 atom stereocenters. The van der Waals surface area contributed by atoms with E-state index in [0.717, 1.165) is 11.1 Å². The Morgan fingerprint density at radius 3 is 2.41 bits per heavy atom. The number of nitrogens with one attached hydrogen (secondary N) is 1. The lowest BCUT2D eigenvalue weighted by molar-refractivity contribution is -0.375. The van der Waals surface area contributed by atoms with Gasteiger partial charge in [0.2, 0.25) is 0 Å². The van der Waals surface area contributed by atoms with E-state index in [1.807, 2.05) is 66.4 Å². The molecule has 192 valence electrons. The highest BCUT2D eigenvalue weighted by Gasteiger charge is 2.36. The quantitative estimate of drug-likeness (QED) is 0.338. The van der Waals surface area contributed by atoms with Gasteiger partial charge in [0.05, 0.1) is 0 Å². The molecule has 3 N–H and O–H groups in total. The van der Waals surface area contributed by atoms with Crippen molar-refractivity contribution in [1.82, 2.24) is 9.47 Å².